The van der Waals surface area contributed by atoms with E-state index in [2.05, 4.69) is 22.4 Å². The summed E-state index contributed by atoms with van der Waals surface area (Å²) in [5.41, 5.74) is 4.47. The molecule has 0 fully saturated rings. The van der Waals surface area contributed by atoms with Crippen molar-refractivity contribution < 1.29 is 4.79 Å². The summed E-state index contributed by atoms with van der Waals surface area (Å²) in [6.07, 6.45) is 3.89. The van der Waals surface area contributed by atoms with Crippen LogP contribution in [0.25, 0.3) is 10.8 Å². The van der Waals surface area contributed by atoms with E-state index in [1.165, 1.54) is 16.5 Å². The van der Waals surface area contributed by atoms with Gasteiger partial charge in [-0.25, -0.2) is 4.98 Å². The van der Waals surface area contributed by atoms with E-state index in [0.29, 0.717) is 11.4 Å². The summed E-state index contributed by atoms with van der Waals surface area (Å²) in [4.78, 5) is 16.8. The Labute approximate surface area is 129 Å². The van der Waals surface area contributed by atoms with Gasteiger partial charge >= 0.3 is 0 Å². The maximum atomic E-state index is 12.6. The SMILES string of the molecule is Cc1ccc(NC(=O)c2ccc3c4c(cccc24)CC3)nc1. The fraction of sp³-hybridized carbons (Fsp3) is 0.158. The largest absolute Gasteiger partial charge is 0.307 e. The zero-order valence-electron chi connectivity index (χ0n) is 12.4. The van der Waals surface area contributed by atoms with Gasteiger partial charge in [-0.15, -0.1) is 0 Å². The lowest BCUT2D eigenvalue weighted by molar-refractivity contribution is 0.102. The number of carbonyl (C=O) groups excluding carboxylic acids is 1. The highest BCUT2D eigenvalue weighted by Crippen LogP contribution is 2.32. The number of nitrogens with one attached hydrogen (secondary N) is 1. The molecule has 0 aliphatic heterocycles. The van der Waals surface area contributed by atoms with Crippen LogP contribution in [-0.2, 0) is 12.8 Å². The van der Waals surface area contributed by atoms with E-state index < -0.39 is 0 Å². The number of amides is 1. The Hall–Kier alpha value is -2.68. The van der Waals surface area contributed by atoms with E-state index in [1.807, 2.05) is 37.3 Å². The highest BCUT2D eigenvalue weighted by atomic mass is 16.1. The van der Waals surface area contributed by atoms with Crippen molar-refractivity contribution >= 4 is 22.5 Å². The van der Waals surface area contributed by atoms with Crippen molar-refractivity contribution in [2.45, 2.75) is 19.8 Å². The van der Waals surface area contributed by atoms with Crippen molar-refractivity contribution in [3.05, 3.63) is 70.9 Å². The van der Waals surface area contributed by atoms with Gasteiger partial charge < -0.3 is 5.32 Å². The summed E-state index contributed by atoms with van der Waals surface area (Å²) in [5.74, 6) is 0.478. The highest BCUT2D eigenvalue weighted by molar-refractivity contribution is 6.14. The zero-order chi connectivity index (χ0) is 15.1. The lowest BCUT2D eigenvalue weighted by atomic mass is 9.99. The molecule has 0 saturated heterocycles. The highest BCUT2D eigenvalue weighted by Gasteiger charge is 2.18. The molecule has 1 aromatic heterocycles. The molecule has 3 nitrogen and oxygen atoms in total. The van der Waals surface area contributed by atoms with Crippen molar-refractivity contribution in [3.63, 3.8) is 0 Å². The lowest BCUT2D eigenvalue weighted by Crippen LogP contribution is -2.13. The van der Waals surface area contributed by atoms with Crippen LogP contribution in [0, 0.1) is 6.92 Å². The number of hydrogen-bond donors (Lipinski definition) is 1. The number of hydrogen-bond acceptors (Lipinski definition) is 2. The molecule has 3 heteroatoms. The minimum absolute atomic E-state index is 0.105. The van der Waals surface area contributed by atoms with Crippen molar-refractivity contribution in [1.82, 2.24) is 4.98 Å². The lowest BCUT2D eigenvalue weighted by Gasteiger charge is -2.09. The molecule has 0 spiro atoms. The summed E-state index contributed by atoms with van der Waals surface area (Å²) < 4.78 is 0. The number of aryl methyl sites for hydroxylation is 3. The van der Waals surface area contributed by atoms with Gasteiger partial charge in [0.2, 0.25) is 0 Å². The average molecular weight is 288 g/mol. The minimum atomic E-state index is -0.105. The second-order valence-electron chi connectivity index (χ2n) is 5.79. The second kappa shape index (κ2) is 4.95. The molecule has 1 N–H and O–H groups in total. The number of rotatable bonds is 2. The standard InChI is InChI=1S/C19H16N2O/c1-12-5-10-17(20-11-12)21-19(22)16-9-8-14-7-6-13-3-2-4-15(16)18(13)14/h2-5,8-11H,6-7H2,1H3,(H,20,21,22). The smallest absolute Gasteiger partial charge is 0.257 e. The van der Waals surface area contributed by atoms with Gasteiger partial charge in [-0.05, 0) is 59.4 Å². The van der Waals surface area contributed by atoms with Gasteiger partial charge in [-0.1, -0.05) is 30.3 Å². The van der Waals surface area contributed by atoms with E-state index in [1.54, 1.807) is 6.20 Å². The molecule has 1 amide bonds. The molecule has 0 unspecified atom stereocenters. The molecule has 1 heterocycles. The molecule has 3 aromatic rings. The molecule has 1 aliphatic carbocycles. The Morgan fingerprint density at radius 1 is 1.05 bits per heavy atom. The van der Waals surface area contributed by atoms with E-state index in [9.17, 15) is 4.79 Å². The summed E-state index contributed by atoms with van der Waals surface area (Å²) in [6.45, 7) is 1.97. The quantitative estimate of drug-likeness (QED) is 0.777. The topological polar surface area (TPSA) is 42.0 Å². The van der Waals surface area contributed by atoms with Gasteiger partial charge in [0.15, 0.2) is 0 Å². The molecule has 2 aromatic carbocycles. The summed E-state index contributed by atoms with van der Waals surface area (Å²) in [7, 11) is 0. The summed E-state index contributed by atoms with van der Waals surface area (Å²) in [5, 5.41) is 5.18. The van der Waals surface area contributed by atoms with Crippen LogP contribution in [0.15, 0.2) is 48.7 Å². The molecule has 0 saturated carbocycles. The number of nitrogens with zero attached hydrogens (tertiary/aromatic N) is 1. The van der Waals surface area contributed by atoms with Crippen LogP contribution in [0.4, 0.5) is 5.82 Å². The van der Waals surface area contributed by atoms with Crippen molar-refractivity contribution in [2.75, 3.05) is 5.32 Å². The van der Waals surface area contributed by atoms with E-state index in [4.69, 9.17) is 0 Å². The molecule has 0 radical (unpaired) electrons. The molecular weight excluding hydrogens is 272 g/mol. The van der Waals surface area contributed by atoms with Crippen LogP contribution in [0.1, 0.15) is 27.0 Å². The van der Waals surface area contributed by atoms with Gasteiger partial charge in [0.25, 0.3) is 5.91 Å². The first-order valence-electron chi connectivity index (χ1n) is 7.50. The summed E-state index contributed by atoms with van der Waals surface area (Å²) in [6, 6.07) is 14.0. The van der Waals surface area contributed by atoms with E-state index in [0.717, 1.165) is 23.8 Å². The Bertz CT molecular complexity index is 872. The number of pyridine rings is 1. The Kier molecular flexibility index (Phi) is 2.93. The third-order valence-electron chi connectivity index (χ3n) is 4.27. The fourth-order valence-corrected chi connectivity index (χ4v) is 3.17. The summed E-state index contributed by atoms with van der Waals surface area (Å²) >= 11 is 0. The predicted molar refractivity (Wildman–Crippen MR) is 88.3 cm³/mol. The zero-order valence-corrected chi connectivity index (χ0v) is 12.4. The molecule has 108 valence electrons. The Balaban J connectivity index is 1.75. The monoisotopic (exact) mass is 288 g/mol. The van der Waals surface area contributed by atoms with Gasteiger partial charge in [0.05, 0.1) is 0 Å². The van der Waals surface area contributed by atoms with Gasteiger partial charge in [0.1, 0.15) is 5.82 Å². The van der Waals surface area contributed by atoms with Gasteiger partial charge in [0, 0.05) is 11.8 Å². The van der Waals surface area contributed by atoms with E-state index in [-0.39, 0.29) is 5.91 Å². The van der Waals surface area contributed by atoms with E-state index >= 15 is 0 Å². The first-order valence-corrected chi connectivity index (χ1v) is 7.50. The maximum Gasteiger partial charge on any atom is 0.257 e. The molecule has 4 rings (SSSR count). The minimum Gasteiger partial charge on any atom is -0.307 e. The Morgan fingerprint density at radius 3 is 2.64 bits per heavy atom. The van der Waals surface area contributed by atoms with Gasteiger partial charge in [-0.3, -0.25) is 4.79 Å². The van der Waals surface area contributed by atoms with Crippen LogP contribution in [0.2, 0.25) is 0 Å². The molecule has 22 heavy (non-hydrogen) atoms. The molecular formula is C19H16N2O. The fourth-order valence-electron chi connectivity index (χ4n) is 3.17. The first kappa shape index (κ1) is 13.0. The van der Waals surface area contributed by atoms with Crippen LogP contribution in [0.3, 0.4) is 0 Å². The van der Waals surface area contributed by atoms with Crippen LogP contribution >= 0.6 is 0 Å². The predicted octanol–water partition coefficient (Wildman–Crippen LogP) is 3.89. The van der Waals surface area contributed by atoms with Crippen molar-refractivity contribution in [2.24, 2.45) is 0 Å². The first-order chi connectivity index (χ1) is 10.7. The second-order valence-corrected chi connectivity index (χ2v) is 5.79. The molecule has 1 aliphatic rings. The van der Waals surface area contributed by atoms with Crippen molar-refractivity contribution in [3.8, 4) is 0 Å². The van der Waals surface area contributed by atoms with Gasteiger partial charge in [-0.2, -0.15) is 0 Å². The van der Waals surface area contributed by atoms with Crippen LogP contribution in [0.5, 0.6) is 0 Å². The van der Waals surface area contributed by atoms with Crippen molar-refractivity contribution in [1.29, 1.82) is 0 Å². The number of benzene rings is 2. The number of anilines is 1. The normalized spacial score (nSPS) is 12.6. The number of aromatic nitrogens is 1. The van der Waals surface area contributed by atoms with Crippen LogP contribution in [-0.4, -0.2) is 10.9 Å². The maximum absolute atomic E-state index is 12.6. The molecule has 0 bridgehead atoms. The third-order valence-corrected chi connectivity index (χ3v) is 4.27. The third kappa shape index (κ3) is 2.06. The average Bonchev–Trinajstić information content (AvgIpc) is 2.95. The number of carbonyl (C=O) groups is 1. The van der Waals surface area contributed by atoms with Crippen LogP contribution < -0.4 is 5.32 Å². The molecule has 0 atom stereocenters. The Morgan fingerprint density at radius 2 is 1.86 bits per heavy atom.